The van der Waals surface area contributed by atoms with Crippen LogP contribution in [0.2, 0.25) is 5.02 Å². The van der Waals surface area contributed by atoms with Gasteiger partial charge in [-0.05, 0) is 43.5 Å². The molecule has 1 saturated heterocycles. The van der Waals surface area contributed by atoms with E-state index in [9.17, 15) is 14.4 Å². The van der Waals surface area contributed by atoms with Crippen LogP contribution in [0.25, 0.3) is 0 Å². The second-order valence-electron chi connectivity index (χ2n) is 6.84. The molecule has 1 aliphatic heterocycles. The molecule has 146 valence electrons. The van der Waals surface area contributed by atoms with E-state index >= 15 is 0 Å². The van der Waals surface area contributed by atoms with Gasteiger partial charge in [0.1, 0.15) is 6.04 Å². The Bertz CT molecular complexity index is 901. The minimum absolute atomic E-state index is 0.107. The van der Waals surface area contributed by atoms with E-state index in [0.29, 0.717) is 10.7 Å². The van der Waals surface area contributed by atoms with Gasteiger partial charge < -0.3 is 10.6 Å². The molecule has 0 aliphatic carbocycles. The average Bonchev–Trinajstić information content (AvgIpc) is 2.96. The maximum Gasteiger partial charge on any atom is 0.325 e. The highest BCUT2D eigenvalue weighted by molar-refractivity contribution is 6.31. The van der Waals surface area contributed by atoms with E-state index in [-0.39, 0.29) is 30.7 Å². The molecule has 28 heavy (non-hydrogen) atoms. The number of nitrogens with one attached hydrogen (secondary N) is 2. The molecule has 7 heteroatoms. The zero-order valence-corrected chi connectivity index (χ0v) is 16.5. The molecule has 6 nitrogen and oxygen atoms in total. The molecular weight excluding hydrogens is 378 g/mol. The Hall–Kier alpha value is -2.86. The van der Waals surface area contributed by atoms with Crippen molar-refractivity contribution in [1.29, 1.82) is 0 Å². The summed E-state index contributed by atoms with van der Waals surface area (Å²) in [6.45, 7) is 3.68. The molecule has 2 N–H and O–H groups in total. The summed E-state index contributed by atoms with van der Waals surface area (Å²) >= 11 is 5.96. The third-order valence-corrected chi connectivity index (χ3v) is 5.09. The first-order valence-electron chi connectivity index (χ1n) is 9.11. The fourth-order valence-electron chi connectivity index (χ4n) is 3.21. The molecule has 0 saturated carbocycles. The Morgan fingerprint density at radius 2 is 1.93 bits per heavy atom. The van der Waals surface area contributed by atoms with Gasteiger partial charge in [0.25, 0.3) is 5.91 Å². The van der Waals surface area contributed by atoms with Crippen LogP contribution in [0.3, 0.4) is 0 Å². The summed E-state index contributed by atoms with van der Waals surface area (Å²) in [4.78, 5) is 38.5. The van der Waals surface area contributed by atoms with Crippen molar-refractivity contribution in [2.24, 2.45) is 0 Å². The summed E-state index contributed by atoms with van der Waals surface area (Å²) in [5.74, 6) is -0.546. The number of imide groups is 1. The molecule has 2 aromatic rings. The standard InChI is InChI=1S/C21H22ClN3O3/c1-13-8-9-16(22)12-18(13)23-19(26)11-10-17-20(27)25(21(28)24-17)14(2)15-6-4-3-5-7-15/h3-9,12,14,17H,10-11H2,1-2H3,(H,23,26)(H,24,28). The monoisotopic (exact) mass is 399 g/mol. The Labute approximate surface area is 168 Å². The SMILES string of the molecule is Cc1ccc(Cl)cc1NC(=O)CCC1NC(=O)N(C(C)c2ccccc2)C1=O. The Morgan fingerprint density at radius 1 is 1.21 bits per heavy atom. The van der Waals surface area contributed by atoms with E-state index in [1.165, 1.54) is 4.90 Å². The normalized spacial score (nSPS) is 17.4. The predicted molar refractivity (Wildman–Crippen MR) is 108 cm³/mol. The molecule has 1 fully saturated rings. The number of halogens is 1. The maximum absolute atomic E-state index is 12.7. The van der Waals surface area contributed by atoms with Gasteiger partial charge >= 0.3 is 6.03 Å². The van der Waals surface area contributed by atoms with E-state index in [2.05, 4.69) is 10.6 Å². The minimum Gasteiger partial charge on any atom is -0.326 e. The summed E-state index contributed by atoms with van der Waals surface area (Å²) in [7, 11) is 0. The van der Waals surface area contributed by atoms with Crippen LogP contribution >= 0.6 is 11.6 Å². The van der Waals surface area contributed by atoms with Gasteiger partial charge in [-0.15, -0.1) is 0 Å². The fraction of sp³-hybridized carbons (Fsp3) is 0.286. The first-order valence-corrected chi connectivity index (χ1v) is 9.49. The number of aryl methyl sites for hydroxylation is 1. The summed E-state index contributed by atoms with van der Waals surface area (Å²) < 4.78 is 0. The van der Waals surface area contributed by atoms with Crippen LogP contribution in [0.1, 0.15) is 36.9 Å². The lowest BCUT2D eigenvalue weighted by Gasteiger charge is -2.21. The van der Waals surface area contributed by atoms with Gasteiger partial charge in [-0.2, -0.15) is 0 Å². The molecule has 0 spiro atoms. The summed E-state index contributed by atoms with van der Waals surface area (Å²) in [6.07, 6.45) is 0.338. The van der Waals surface area contributed by atoms with E-state index in [1.54, 1.807) is 12.1 Å². The van der Waals surface area contributed by atoms with E-state index in [4.69, 9.17) is 11.6 Å². The second kappa shape index (κ2) is 8.44. The number of benzene rings is 2. The van der Waals surface area contributed by atoms with Crippen LogP contribution in [0, 0.1) is 6.92 Å². The number of anilines is 1. The number of urea groups is 1. The Kier molecular flexibility index (Phi) is 5.99. The van der Waals surface area contributed by atoms with Crippen LogP contribution in [-0.2, 0) is 9.59 Å². The first-order chi connectivity index (χ1) is 13.4. The van der Waals surface area contributed by atoms with Crippen molar-refractivity contribution < 1.29 is 14.4 Å². The summed E-state index contributed by atoms with van der Waals surface area (Å²) in [5.41, 5.74) is 2.41. The molecule has 2 aromatic carbocycles. The molecule has 1 heterocycles. The smallest absolute Gasteiger partial charge is 0.325 e. The number of amides is 4. The van der Waals surface area contributed by atoms with Crippen molar-refractivity contribution in [3.63, 3.8) is 0 Å². The van der Waals surface area contributed by atoms with Crippen molar-refractivity contribution in [1.82, 2.24) is 10.2 Å². The highest BCUT2D eigenvalue weighted by Crippen LogP contribution is 2.25. The van der Waals surface area contributed by atoms with Gasteiger partial charge in [0.15, 0.2) is 0 Å². The number of carbonyl (C=O) groups is 3. The fourth-order valence-corrected chi connectivity index (χ4v) is 3.38. The molecule has 0 aromatic heterocycles. The maximum atomic E-state index is 12.7. The molecule has 1 aliphatic rings. The van der Waals surface area contributed by atoms with Crippen LogP contribution in [0.5, 0.6) is 0 Å². The summed E-state index contributed by atoms with van der Waals surface area (Å²) in [6, 6.07) is 13.1. The zero-order valence-electron chi connectivity index (χ0n) is 15.7. The van der Waals surface area contributed by atoms with E-state index in [1.807, 2.05) is 50.2 Å². The summed E-state index contributed by atoms with van der Waals surface area (Å²) in [5, 5.41) is 6.01. The number of nitrogens with zero attached hydrogens (tertiary/aromatic N) is 1. The Morgan fingerprint density at radius 3 is 2.64 bits per heavy atom. The lowest BCUT2D eigenvalue weighted by atomic mass is 10.1. The number of hydrogen-bond donors (Lipinski definition) is 2. The molecule has 3 rings (SSSR count). The highest BCUT2D eigenvalue weighted by Gasteiger charge is 2.40. The molecule has 0 bridgehead atoms. The minimum atomic E-state index is -0.704. The second-order valence-corrected chi connectivity index (χ2v) is 7.28. The average molecular weight is 400 g/mol. The zero-order chi connectivity index (χ0) is 20.3. The molecule has 4 amide bonds. The van der Waals surface area contributed by atoms with Crippen LogP contribution < -0.4 is 10.6 Å². The van der Waals surface area contributed by atoms with Crippen LogP contribution in [0.4, 0.5) is 10.5 Å². The topological polar surface area (TPSA) is 78.5 Å². The molecular formula is C21H22ClN3O3. The van der Waals surface area contributed by atoms with Gasteiger partial charge in [-0.3, -0.25) is 14.5 Å². The van der Waals surface area contributed by atoms with Gasteiger partial charge in [-0.25, -0.2) is 4.79 Å². The number of carbonyl (C=O) groups excluding carboxylic acids is 3. The molecule has 2 unspecified atom stereocenters. The van der Waals surface area contributed by atoms with Crippen LogP contribution in [-0.4, -0.2) is 28.8 Å². The predicted octanol–water partition coefficient (Wildman–Crippen LogP) is 4.05. The lowest BCUT2D eigenvalue weighted by Crippen LogP contribution is -2.34. The van der Waals surface area contributed by atoms with Gasteiger partial charge in [0.2, 0.25) is 5.91 Å². The lowest BCUT2D eigenvalue weighted by molar-refractivity contribution is -0.129. The van der Waals surface area contributed by atoms with Gasteiger partial charge in [0.05, 0.1) is 6.04 Å². The third-order valence-electron chi connectivity index (χ3n) is 4.86. The van der Waals surface area contributed by atoms with E-state index in [0.717, 1.165) is 11.1 Å². The number of hydrogen-bond acceptors (Lipinski definition) is 3. The van der Waals surface area contributed by atoms with Crippen molar-refractivity contribution >= 4 is 35.1 Å². The van der Waals surface area contributed by atoms with Crippen LogP contribution in [0.15, 0.2) is 48.5 Å². The largest absolute Gasteiger partial charge is 0.326 e. The molecule has 2 atom stereocenters. The number of rotatable bonds is 6. The molecule has 0 radical (unpaired) electrons. The van der Waals surface area contributed by atoms with Crippen molar-refractivity contribution in [3.8, 4) is 0 Å². The third kappa shape index (κ3) is 4.34. The van der Waals surface area contributed by atoms with Gasteiger partial charge in [-0.1, -0.05) is 48.0 Å². The van der Waals surface area contributed by atoms with Crippen molar-refractivity contribution in [3.05, 3.63) is 64.7 Å². The van der Waals surface area contributed by atoms with E-state index < -0.39 is 12.1 Å². The van der Waals surface area contributed by atoms with Crippen molar-refractivity contribution in [2.45, 2.75) is 38.8 Å². The quantitative estimate of drug-likeness (QED) is 0.719. The first kappa shape index (κ1) is 19.9. The highest BCUT2D eigenvalue weighted by atomic mass is 35.5. The van der Waals surface area contributed by atoms with Gasteiger partial charge in [0, 0.05) is 17.1 Å². The Balaban J connectivity index is 1.59. The van der Waals surface area contributed by atoms with Crippen molar-refractivity contribution in [2.75, 3.05) is 5.32 Å².